The predicted octanol–water partition coefficient (Wildman–Crippen LogP) is 5.02. The van der Waals surface area contributed by atoms with E-state index in [2.05, 4.69) is 34.3 Å². The molecule has 166 valence electrons. The van der Waals surface area contributed by atoms with E-state index >= 15 is 0 Å². The molecule has 1 atom stereocenters. The van der Waals surface area contributed by atoms with E-state index in [1.807, 2.05) is 24.4 Å². The van der Waals surface area contributed by atoms with E-state index in [1.54, 1.807) is 12.4 Å². The number of hydrogen-bond acceptors (Lipinski definition) is 6. The summed E-state index contributed by atoms with van der Waals surface area (Å²) in [6.45, 7) is 4.41. The predicted molar refractivity (Wildman–Crippen MR) is 120 cm³/mol. The minimum Gasteiger partial charge on any atom is -0.351 e. The molecule has 32 heavy (non-hydrogen) atoms. The number of fused-ring (bicyclic) bond motifs is 1. The summed E-state index contributed by atoms with van der Waals surface area (Å²) in [6.07, 6.45) is 12.9. The molecule has 3 heterocycles. The van der Waals surface area contributed by atoms with Crippen LogP contribution in [0.25, 0.3) is 11.4 Å². The zero-order valence-corrected chi connectivity index (χ0v) is 18.7. The van der Waals surface area contributed by atoms with Gasteiger partial charge in [-0.25, -0.2) is 9.97 Å². The Kier molecular flexibility index (Phi) is 5.49. The van der Waals surface area contributed by atoms with E-state index in [-0.39, 0.29) is 23.1 Å². The number of hydrogen-bond donors (Lipinski definition) is 1. The summed E-state index contributed by atoms with van der Waals surface area (Å²) in [4.78, 5) is 26.5. The molecule has 0 aromatic carbocycles. The van der Waals surface area contributed by atoms with E-state index < -0.39 is 0 Å². The molecule has 0 saturated heterocycles. The maximum atomic E-state index is 13.0. The van der Waals surface area contributed by atoms with Crippen LogP contribution in [-0.4, -0.2) is 26.0 Å². The number of carbonyl (C=O) groups excluding carboxylic acids is 1. The Morgan fingerprint density at radius 3 is 2.72 bits per heavy atom. The van der Waals surface area contributed by atoms with Gasteiger partial charge >= 0.3 is 0 Å². The van der Waals surface area contributed by atoms with Crippen molar-refractivity contribution < 1.29 is 9.32 Å². The molecule has 0 spiro atoms. The highest BCUT2D eigenvalue weighted by Crippen LogP contribution is 2.40. The van der Waals surface area contributed by atoms with Crippen molar-refractivity contribution in [1.82, 2.24) is 25.4 Å². The molecule has 1 N–H and O–H groups in total. The van der Waals surface area contributed by atoms with Crippen molar-refractivity contribution in [2.75, 3.05) is 0 Å². The second kappa shape index (κ2) is 8.45. The molecule has 2 aliphatic rings. The first kappa shape index (κ1) is 20.8. The Morgan fingerprint density at radius 2 is 1.94 bits per heavy atom. The summed E-state index contributed by atoms with van der Waals surface area (Å²) < 4.78 is 5.44. The van der Waals surface area contributed by atoms with Crippen LogP contribution in [0, 0.1) is 5.41 Å². The van der Waals surface area contributed by atoms with Gasteiger partial charge in [0.2, 0.25) is 5.76 Å². The number of aromatic nitrogens is 4. The lowest BCUT2D eigenvalue weighted by Gasteiger charge is -2.36. The van der Waals surface area contributed by atoms with Gasteiger partial charge in [-0.1, -0.05) is 38.3 Å². The molecule has 1 saturated carbocycles. The molecule has 0 radical (unpaired) electrons. The second-order valence-corrected chi connectivity index (χ2v) is 9.85. The number of nitrogens with zero attached hydrogens (tertiary/aromatic N) is 4. The van der Waals surface area contributed by atoms with Gasteiger partial charge in [-0.15, -0.1) is 0 Å². The van der Waals surface area contributed by atoms with E-state index in [0.29, 0.717) is 11.7 Å². The Balaban J connectivity index is 1.37. The van der Waals surface area contributed by atoms with Crippen LogP contribution < -0.4 is 5.32 Å². The summed E-state index contributed by atoms with van der Waals surface area (Å²) in [7, 11) is 0. The topological polar surface area (TPSA) is 93.8 Å². The molecule has 0 aliphatic heterocycles. The summed E-state index contributed by atoms with van der Waals surface area (Å²) in [5.74, 6) is 1.14. The first-order valence-corrected chi connectivity index (χ1v) is 11.5. The summed E-state index contributed by atoms with van der Waals surface area (Å²) in [5, 5.41) is 7.37. The van der Waals surface area contributed by atoms with Crippen LogP contribution >= 0.6 is 0 Å². The SMILES string of the molecule is CC1(C)Cc2nc(-c3ccncc3)ncc2C(NC(=O)c2cc(C3CCCCC3)no2)C1. The molecule has 1 fully saturated rings. The van der Waals surface area contributed by atoms with Crippen LogP contribution in [0.15, 0.2) is 41.3 Å². The van der Waals surface area contributed by atoms with Crippen molar-refractivity contribution in [3.05, 3.63) is 59.5 Å². The van der Waals surface area contributed by atoms with Gasteiger partial charge in [0, 0.05) is 41.7 Å². The van der Waals surface area contributed by atoms with Gasteiger partial charge < -0.3 is 9.84 Å². The van der Waals surface area contributed by atoms with Crippen molar-refractivity contribution in [1.29, 1.82) is 0 Å². The van der Waals surface area contributed by atoms with Crippen molar-refractivity contribution in [3.63, 3.8) is 0 Å². The van der Waals surface area contributed by atoms with Crippen LogP contribution in [0.5, 0.6) is 0 Å². The van der Waals surface area contributed by atoms with Crippen molar-refractivity contribution in [2.45, 2.75) is 70.8 Å². The first-order valence-electron chi connectivity index (χ1n) is 11.5. The third-order valence-electron chi connectivity index (χ3n) is 6.70. The number of pyridine rings is 1. The number of nitrogens with one attached hydrogen (secondary N) is 1. The molecule has 0 bridgehead atoms. The third-order valence-corrected chi connectivity index (χ3v) is 6.70. The van der Waals surface area contributed by atoms with Gasteiger partial charge in [-0.2, -0.15) is 0 Å². The maximum Gasteiger partial charge on any atom is 0.290 e. The van der Waals surface area contributed by atoms with Gasteiger partial charge in [0.1, 0.15) is 0 Å². The summed E-state index contributed by atoms with van der Waals surface area (Å²) >= 11 is 0. The Labute approximate surface area is 188 Å². The zero-order chi connectivity index (χ0) is 22.1. The lowest BCUT2D eigenvalue weighted by atomic mass is 9.74. The Bertz CT molecular complexity index is 1100. The average Bonchev–Trinajstić information content (AvgIpc) is 3.30. The largest absolute Gasteiger partial charge is 0.351 e. The van der Waals surface area contributed by atoms with E-state index in [1.165, 1.54) is 19.3 Å². The third kappa shape index (κ3) is 4.29. The Morgan fingerprint density at radius 1 is 1.16 bits per heavy atom. The van der Waals surface area contributed by atoms with Gasteiger partial charge in [0.25, 0.3) is 5.91 Å². The van der Waals surface area contributed by atoms with E-state index in [0.717, 1.165) is 48.2 Å². The monoisotopic (exact) mass is 431 g/mol. The standard InChI is InChI=1S/C25H29N5O2/c1-25(2)13-20-18(15-27-23(28-20)17-8-10-26-11-9-17)21(14-25)29-24(31)22-12-19(30-32-22)16-6-4-3-5-7-16/h8-12,15-16,21H,3-7,13-14H2,1-2H3,(H,29,31). The fourth-order valence-electron chi connectivity index (χ4n) is 5.03. The normalized spacial score (nSPS) is 20.5. The summed E-state index contributed by atoms with van der Waals surface area (Å²) in [6, 6.07) is 5.46. The van der Waals surface area contributed by atoms with Crippen molar-refractivity contribution >= 4 is 5.91 Å². The lowest BCUT2D eigenvalue weighted by molar-refractivity contribution is 0.0881. The molecule has 1 amide bonds. The fraction of sp³-hybridized carbons (Fsp3) is 0.480. The highest BCUT2D eigenvalue weighted by Gasteiger charge is 2.35. The number of rotatable bonds is 4. The van der Waals surface area contributed by atoms with E-state index in [9.17, 15) is 4.79 Å². The second-order valence-electron chi connectivity index (χ2n) is 9.85. The molecular formula is C25H29N5O2. The molecule has 2 aliphatic carbocycles. The first-order chi connectivity index (χ1) is 15.5. The number of amides is 1. The highest BCUT2D eigenvalue weighted by atomic mass is 16.5. The fourth-order valence-corrected chi connectivity index (χ4v) is 5.03. The lowest BCUT2D eigenvalue weighted by Crippen LogP contribution is -2.37. The highest BCUT2D eigenvalue weighted by molar-refractivity contribution is 5.91. The van der Waals surface area contributed by atoms with Crippen LogP contribution in [-0.2, 0) is 6.42 Å². The molecule has 7 nitrogen and oxygen atoms in total. The molecule has 3 aromatic rings. The molecule has 1 unspecified atom stereocenters. The maximum absolute atomic E-state index is 13.0. The van der Waals surface area contributed by atoms with Crippen LogP contribution in [0.4, 0.5) is 0 Å². The molecule has 5 rings (SSSR count). The smallest absolute Gasteiger partial charge is 0.290 e. The molecular weight excluding hydrogens is 402 g/mol. The summed E-state index contributed by atoms with van der Waals surface area (Å²) in [5.41, 5.74) is 3.80. The quantitative estimate of drug-likeness (QED) is 0.623. The van der Waals surface area contributed by atoms with E-state index in [4.69, 9.17) is 9.51 Å². The van der Waals surface area contributed by atoms with Gasteiger partial charge in [-0.3, -0.25) is 9.78 Å². The molecule has 7 heteroatoms. The van der Waals surface area contributed by atoms with Crippen LogP contribution in [0.1, 0.15) is 91.8 Å². The zero-order valence-electron chi connectivity index (χ0n) is 18.7. The minimum absolute atomic E-state index is 0.00346. The van der Waals surface area contributed by atoms with Gasteiger partial charge in [0.05, 0.1) is 17.4 Å². The van der Waals surface area contributed by atoms with Crippen LogP contribution in [0.3, 0.4) is 0 Å². The van der Waals surface area contributed by atoms with Gasteiger partial charge in [0.15, 0.2) is 5.82 Å². The van der Waals surface area contributed by atoms with Crippen molar-refractivity contribution in [3.8, 4) is 11.4 Å². The molecule has 3 aromatic heterocycles. The van der Waals surface area contributed by atoms with Gasteiger partial charge in [-0.05, 0) is 43.2 Å². The average molecular weight is 432 g/mol. The van der Waals surface area contributed by atoms with Crippen molar-refractivity contribution in [2.24, 2.45) is 5.41 Å². The minimum atomic E-state index is -0.230. The van der Waals surface area contributed by atoms with Crippen LogP contribution in [0.2, 0.25) is 0 Å². The number of carbonyl (C=O) groups is 1. The Hall–Kier alpha value is -3.09.